The number of carbonyl (C=O) groups excluding carboxylic acids is 1. The summed E-state index contributed by atoms with van der Waals surface area (Å²) in [6, 6.07) is 6.44. The molecule has 1 aromatic rings. The van der Waals surface area contributed by atoms with Gasteiger partial charge in [0.1, 0.15) is 0 Å². The second kappa shape index (κ2) is 8.64. The molecule has 0 unspecified atom stereocenters. The quantitative estimate of drug-likeness (QED) is 0.741. The van der Waals surface area contributed by atoms with Crippen molar-refractivity contribution in [3.8, 4) is 0 Å². The molecule has 0 bridgehead atoms. The molecule has 0 spiro atoms. The predicted octanol–water partition coefficient (Wildman–Crippen LogP) is 2.76. The van der Waals surface area contributed by atoms with Crippen LogP contribution < -0.4 is 5.32 Å². The molecule has 1 rings (SSSR count). The highest BCUT2D eigenvalue weighted by molar-refractivity contribution is 9.10. The average Bonchev–Trinajstić information content (AvgIpc) is 2.45. The smallest absolute Gasteiger partial charge is 0.243 e. The van der Waals surface area contributed by atoms with Gasteiger partial charge in [-0.3, -0.25) is 4.79 Å². The summed E-state index contributed by atoms with van der Waals surface area (Å²) in [6.07, 6.45) is 1.84. The molecule has 1 amide bonds. The maximum absolute atomic E-state index is 12.6. The van der Waals surface area contributed by atoms with E-state index in [1.165, 1.54) is 16.4 Å². The van der Waals surface area contributed by atoms with Gasteiger partial charge in [0.15, 0.2) is 0 Å². The Hall–Kier alpha value is -0.920. The Morgan fingerprint density at radius 3 is 2.36 bits per heavy atom. The van der Waals surface area contributed by atoms with Gasteiger partial charge in [-0.25, -0.2) is 8.42 Å². The summed E-state index contributed by atoms with van der Waals surface area (Å²) in [5.41, 5.74) is 0. The van der Waals surface area contributed by atoms with Gasteiger partial charge in [-0.15, -0.1) is 0 Å². The van der Waals surface area contributed by atoms with Crippen LogP contribution in [0, 0.1) is 0 Å². The SMILES string of the molecule is CCC[C@H](C)NC(=O)CN(CC)S(=O)(=O)c1ccc(Br)cc1. The standard InChI is InChI=1S/C15H23BrN2O3S/c1-4-6-12(3)17-15(19)11-18(5-2)22(20,21)14-9-7-13(16)8-10-14/h7-10,12H,4-6,11H2,1-3H3,(H,17,19)/t12-/m0/s1. The third kappa shape index (κ3) is 5.37. The molecule has 0 saturated heterocycles. The number of hydrogen-bond donors (Lipinski definition) is 1. The molecule has 124 valence electrons. The number of sulfonamides is 1. The minimum absolute atomic E-state index is 0.0478. The molecule has 0 heterocycles. The summed E-state index contributed by atoms with van der Waals surface area (Å²) in [6.45, 7) is 5.76. The fourth-order valence-corrected chi connectivity index (χ4v) is 3.78. The summed E-state index contributed by atoms with van der Waals surface area (Å²) < 4.78 is 27.1. The van der Waals surface area contributed by atoms with E-state index in [-0.39, 0.29) is 29.9 Å². The molecule has 0 aliphatic rings. The maximum atomic E-state index is 12.6. The van der Waals surface area contributed by atoms with Gasteiger partial charge in [-0.05, 0) is 37.6 Å². The number of halogens is 1. The Labute approximate surface area is 141 Å². The summed E-state index contributed by atoms with van der Waals surface area (Å²) in [7, 11) is -3.66. The summed E-state index contributed by atoms with van der Waals surface area (Å²) in [5, 5.41) is 2.83. The van der Waals surface area contributed by atoms with Gasteiger partial charge in [0.05, 0.1) is 11.4 Å². The Morgan fingerprint density at radius 2 is 1.86 bits per heavy atom. The first-order valence-electron chi connectivity index (χ1n) is 7.36. The minimum atomic E-state index is -3.66. The van der Waals surface area contributed by atoms with Crippen molar-refractivity contribution >= 4 is 31.9 Å². The van der Waals surface area contributed by atoms with Crippen LogP contribution in [0.1, 0.15) is 33.6 Å². The molecular formula is C15H23BrN2O3S. The zero-order valence-corrected chi connectivity index (χ0v) is 15.6. The van der Waals surface area contributed by atoms with Gasteiger partial charge in [0, 0.05) is 17.1 Å². The van der Waals surface area contributed by atoms with Gasteiger partial charge in [-0.2, -0.15) is 4.31 Å². The van der Waals surface area contributed by atoms with Crippen LogP contribution in [0.15, 0.2) is 33.6 Å². The van der Waals surface area contributed by atoms with Gasteiger partial charge in [-0.1, -0.05) is 36.2 Å². The van der Waals surface area contributed by atoms with Crippen molar-refractivity contribution in [2.24, 2.45) is 0 Å². The second-order valence-electron chi connectivity index (χ2n) is 5.14. The lowest BCUT2D eigenvalue weighted by Crippen LogP contribution is -2.43. The summed E-state index contributed by atoms with van der Waals surface area (Å²) >= 11 is 3.28. The van der Waals surface area contributed by atoms with E-state index in [1.807, 2.05) is 13.8 Å². The molecule has 5 nitrogen and oxygen atoms in total. The number of nitrogens with one attached hydrogen (secondary N) is 1. The number of amides is 1. The molecule has 1 aromatic carbocycles. The van der Waals surface area contributed by atoms with E-state index in [4.69, 9.17) is 0 Å². The van der Waals surface area contributed by atoms with Crippen LogP contribution in [0.2, 0.25) is 0 Å². The van der Waals surface area contributed by atoms with Gasteiger partial charge < -0.3 is 5.32 Å². The molecular weight excluding hydrogens is 368 g/mol. The molecule has 0 aliphatic carbocycles. The van der Waals surface area contributed by atoms with Gasteiger partial charge in [0.2, 0.25) is 15.9 Å². The van der Waals surface area contributed by atoms with Crippen LogP contribution in [0.3, 0.4) is 0 Å². The minimum Gasteiger partial charge on any atom is -0.353 e. The fourth-order valence-electron chi connectivity index (χ4n) is 2.11. The van der Waals surface area contributed by atoms with Crippen molar-refractivity contribution in [3.05, 3.63) is 28.7 Å². The Balaban J connectivity index is 2.82. The molecule has 0 aromatic heterocycles. The second-order valence-corrected chi connectivity index (χ2v) is 8.00. The lowest BCUT2D eigenvalue weighted by Gasteiger charge is -2.21. The van der Waals surface area contributed by atoms with Crippen molar-refractivity contribution in [2.45, 2.75) is 44.6 Å². The van der Waals surface area contributed by atoms with E-state index >= 15 is 0 Å². The van der Waals surface area contributed by atoms with Crippen molar-refractivity contribution in [3.63, 3.8) is 0 Å². The fraction of sp³-hybridized carbons (Fsp3) is 0.533. The highest BCUT2D eigenvalue weighted by Crippen LogP contribution is 2.18. The highest BCUT2D eigenvalue weighted by Gasteiger charge is 2.25. The van der Waals surface area contributed by atoms with E-state index in [0.29, 0.717) is 0 Å². The van der Waals surface area contributed by atoms with Crippen LogP contribution in [0.5, 0.6) is 0 Å². The Kier molecular flexibility index (Phi) is 7.52. The molecule has 7 heteroatoms. The van der Waals surface area contributed by atoms with Crippen molar-refractivity contribution in [1.29, 1.82) is 0 Å². The monoisotopic (exact) mass is 390 g/mol. The van der Waals surface area contributed by atoms with Crippen molar-refractivity contribution < 1.29 is 13.2 Å². The van der Waals surface area contributed by atoms with Gasteiger partial charge >= 0.3 is 0 Å². The third-order valence-electron chi connectivity index (χ3n) is 3.25. The molecule has 1 N–H and O–H groups in total. The molecule has 0 aliphatic heterocycles. The Bertz CT molecular complexity index is 587. The number of rotatable bonds is 8. The van der Waals surface area contributed by atoms with E-state index in [1.54, 1.807) is 19.1 Å². The first-order valence-corrected chi connectivity index (χ1v) is 9.59. The number of carbonyl (C=O) groups is 1. The van der Waals surface area contributed by atoms with E-state index in [9.17, 15) is 13.2 Å². The first kappa shape index (κ1) is 19.1. The normalized spacial score (nSPS) is 13.1. The van der Waals surface area contributed by atoms with Crippen LogP contribution in [-0.2, 0) is 14.8 Å². The zero-order valence-electron chi connectivity index (χ0n) is 13.2. The number of likely N-dealkylation sites (N-methyl/N-ethyl adjacent to an activating group) is 1. The predicted molar refractivity (Wildman–Crippen MR) is 91.1 cm³/mol. The van der Waals surface area contributed by atoms with E-state index in [2.05, 4.69) is 21.2 Å². The largest absolute Gasteiger partial charge is 0.353 e. The average molecular weight is 391 g/mol. The maximum Gasteiger partial charge on any atom is 0.243 e. The first-order chi connectivity index (χ1) is 10.3. The third-order valence-corrected chi connectivity index (χ3v) is 5.72. The zero-order chi connectivity index (χ0) is 16.8. The number of benzene rings is 1. The molecule has 22 heavy (non-hydrogen) atoms. The van der Waals surface area contributed by atoms with Crippen LogP contribution in [0.25, 0.3) is 0 Å². The highest BCUT2D eigenvalue weighted by atomic mass is 79.9. The van der Waals surface area contributed by atoms with Crippen LogP contribution in [0.4, 0.5) is 0 Å². The van der Waals surface area contributed by atoms with Crippen molar-refractivity contribution in [1.82, 2.24) is 9.62 Å². The molecule has 1 atom stereocenters. The van der Waals surface area contributed by atoms with E-state index < -0.39 is 10.0 Å². The van der Waals surface area contributed by atoms with Crippen LogP contribution in [-0.4, -0.2) is 37.8 Å². The molecule has 0 radical (unpaired) electrons. The lowest BCUT2D eigenvalue weighted by atomic mass is 10.2. The number of hydrogen-bond acceptors (Lipinski definition) is 3. The molecule has 0 fully saturated rings. The summed E-state index contributed by atoms with van der Waals surface area (Å²) in [5.74, 6) is -0.275. The Morgan fingerprint density at radius 1 is 1.27 bits per heavy atom. The van der Waals surface area contributed by atoms with Crippen LogP contribution >= 0.6 is 15.9 Å². The summed E-state index contributed by atoms with van der Waals surface area (Å²) in [4.78, 5) is 12.2. The van der Waals surface area contributed by atoms with E-state index in [0.717, 1.165) is 17.3 Å². The van der Waals surface area contributed by atoms with Crippen molar-refractivity contribution in [2.75, 3.05) is 13.1 Å². The topological polar surface area (TPSA) is 66.5 Å². The number of nitrogens with zero attached hydrogens (tertiary/aromatic N) is 1. The van der Waals surface area contributed by atoms with Gasteiger partial charge in [0.25, 0.3) is 0 Å². The lowest BCUT2D eigenvalue weighted by molar-refractivity contribution is -0.121. The molecule has 0 saturated carbocycles.